The highest BCUT2D eigenvalue weighted by Gasteiger charge is 2.28. The standard InChI is InChI=1S/C21H33BrO3S/c1-4-24-20(23)21(2,3)14-6-9-17-26-19-12-10-18(11-13-19)25-16-8-5-7-15-22/h10-13H,4-9,14-17H2,1-3H3. The smallest absolute Gasteiger partial charge is 0.311 e. The Morgan fingerprint density at radius 2 is 1.81 bits per heavy atom. The van der Waals surface area contributed by atoms with Gasteiger partial charge in [-0.2, -0.15) is 0 Å². The molecular weight excluding hydrogens is 412 g/mol. The number of carbonyl (C=O) groups excluding carboxylic acids is 1. The largest absolute Gasteiger partial charge is 0.494 e. The number of hydrogen-bond acceptors (Lipinski definition) is 4. The number of thioether (sulfide) groups is 1. The number of carbonyl (C=O) groups is 1. The molecular formula is C21H33BrO3S. The van der Waals surface area contributed by atoms with Crippen LogP contribution in [0.25, 0.3) is 0 Å². The average molecular weight is 445 g/mol. The van der Waals surface area contributed by atoms with Crippen LogP contribution in [0.4, 0.5) is 0 Å². The lowest BCUT2D eigenvalue weighted by Crippen LogP contribution is -2.26. The first kappa shape index (κ1) is 23.4. The van der Waals surface area contributed by atoms with Gasteiger partial charge in [0, 0.05) is 10.2 Å². The van der Waals surface area contributed by atoms with Gasteiger partial charge in [-0.15, -0.1) is 11.8 Å². The van der Waals surface area contributed by atoms with E-state index in [1.807, 2.05) is 32.5 Å². The summed E-state index contributed by atoms with van der Waals surface area (Å²) in [5, 5.41) is 1.07. The number of ether oxygens (including phenoxy) is 2. The molecule has 148 valence electrons. The highest BCUT2D eigenvalue weighted by molar-refractivity contribution is 9.09. The lowest BCUT2D eigenvalue weighted by molar-refractivity contribution is -0.153. The minimum atomic E-state index is -0.381. The number of halogens is 1. The van der Waals surface area contributed by atoms with Crippen molar-refractivity contribution in [1.82, 2.24) is 0 Å². The number of alkyl halides is 1. The maximum atomic E-state index is 11.9. The normalized spacial score (nSPS) is 11.4. The van der Waals surface area contributed by atoms with E-state index < -0.39 is 0 Å². The van der Waals surface area contributed by atoms with Gasteiger partial charge in [0.1, 0.15) is 5.75 Å². The van der Waals surface area contributed by atoms with E-state index in [0.29, 0.717) is 6.61 Å². The fourth-order valence-corrected chi connectivity index (χ4v) is 3.79. The second kappa shape index (κ2) is 13.5. The van der Waals surface area contributed by atoms with Gasteiger partial charge in [0.15, 0.2) is 0 Å². The van der Waals surface area contributed by atoms with Crippen LogP contribution in [0.15, 0.2) is 29.2 Å². The number of esters is 1. The summed E-state index contributed by atoms with van der Waals surface area (Å²) in [6.07, 6.45) is 6.51. The summed E-state index contributed by atoms with van der Waals surface area (Å²) in [4.78, 5) is 13.1. The highest BCUT2D eigenvalue weighted by atomic mass is 79.9. The molecule has 1 rings (SSSR count). The first-order valence-electron chi connectivity index (χ1n) is 9.58. The first-order chi connectivity index (χ1) is 12.5. The molecule has 0 aliphatic rings. The summed E-state index contributed by atoms with van der Waals surface area (Å²) in [6, 6.07) is 8.36. The van der Waals surface area contributed by atoms with Crippen LogP contribution in [0.3, 0.4) is 0 Å². The van der Waals surface area contributed by atoms with Crippen LogP contribution >= 0.6 is 27.7 Å². The topological polar surface area (TPSA) is 35.5 Å². The molecule has 0 unspecified atom stereocenters. The number of rotatable bonds is 14. The summed E-state index contributed by atoms with van der Waals surface area (Å²) in [7, 11) is 0. The molecule has 0 aromatic heterocycles. The van der Waals surface area contributed by atoms with Crippen molar-refractivity contribution in [1.29, 1.82) is 0 Å². The molecule has 0 aliphatic heterocycles. The van der Waals surface area contributed by atoms with Crippen LogP contribution in [0, 0.1) is 5.41 Å². The Morgan fingerprint density at radius 1 is 1.08 bits per heavy atom. The van der Waals surface area contributed by atoms with Gasteiger partial charge in [-0.1, -0.05) is 22.4 Å². The Bertz CT molecular complexity index is 502. The van der Waals surface area contributed by atoms with Gasteiger partial charge in [-0.25, -0.2) is 0 Å². The van der Waals surface area contributed by atoms with Gasteiger partial charge in [0.05, 0.1) is 18.6 Å². The predicted molar refractivity (Wildman–Crippen MR) is 115 cm³/mol. The zero-order valence-electron chi connectivity index (χ0n) is 16.4. The van der Waals surface area contributed by atoms with E-state index >= 15 is 0 Å². The van der Waals surface area contributed by atoms with Gasteiger partial charge in [-0.05, 0) is 82.9 Å². The molecule has 1 aromatic carbocycles. The fraction of sp³-hybridized carbons (Fsp3) is 0.667. The molecule has 3 nitrogen and oxygen atoms in total. The summed E-state index contributed by atoms with van der Waals surface area (Å²) < 4.78 is 10.9. The van der Waals surface area contributed by atoms with E-state index in [2.05, 4.69) is 40.2 Å². The average Bonchev–Trinajstić information content (AvgIpc) is 2.62. The SMILES string of the molecule is CCOC(=O)C(C)(C)CCCCSc1ccc(OCCCCCBr)cc1. The Balaban J connectivity index is 2.18. The highest BCUT2D eigenvalue weighted by Crippen LogP contribution is 2.27. The molecule has 5 heteroatoms. The minimum Gasteiger partial charge on any atom is -0.494 e. The van der Waals surface area contributed by atoms with Crippen LogP contribution in [0.1, 0.15) is 59.3 Å². The molecule has 0 saturated carbocycles. The minimum absolute atomic E-state index is 0.0876. The van der Waals surface area contributed by atoms with Crippen molar-refractivity contribution >= 4 is 33.7 Å². The van der Waals surface area contributed by atoms with Crippen molar-refractivity contribution in [3.8, 4) is 5.75 Å². The molecule has 0 N–H and O–H groups in total. The number of hydrogen-bond donors (Lipinski definition) is 0. The van der Waals surface area contributed by atoms with E-state index in [-0.39, 0.29) is 11.4 Å². The maximum absolute atomic E-state index is 11.9. The third kappa shape index (κ3) is 9.86. The molecule has 26 heavy (non-hydrogen) atoms. The van der Waals surface area contributed by atoms with Gasteiger partial charge in [-0.3, -0.25) is 4.79 Å². The molecule has 0 radical (unpaired) electrons. The number of unbranched alkanes of at least 4 members (excludes halogenated alkanes) is 3. The first-order valence-corrected chi connectivity index (χ1v) is 11.7. The van der Waals surface area contributed by atoms with E-state index in [4.69, 9.17) is 9.47 Å². The molecule has 0 spiro atoms. The van der Waals surface area contributed by atoms with E-state index in [9.17, 15) is 4.79 Å². The van der Waals surface area contributed by atoms with Crippen molar-refractivity contribution < 1.29 is 14.3 Å². The van der Waals surface area contributed by atoms with Gasteiger partial charge in [0.2, 0.25) is 0 Å². The van der Waals surface area contributed by atoms with Crippen molar-refractivity contribution in [2.24, 2.45) is 5.41 Å². The molecule has 1 aromatic rings. The van der Waals surface area contributed by atoms with Gasteiger partial charge in [0.25, 0.3) is 0 Å². The second-order valence-corrected chi connectivity index (χ2v) is 8.94. The molecule has 0 amide bonds. The van der Waals surface area contributed by atoms with Gasteiger partial charge < -0.3 is 9.47 Å². The van der Waals surface area contributed by atoms with Crippen molar-refractivity contribution in [2.75, 3.05) is 24.3 Å². The van der Waals surface area contributed by atoms with Crippen molar-refractivity contribution in [2.45, 2.75) is 64.2 Å². The van der Waals surface area contributed by atoms with Crippen LogP contribution < -0.4 is 4.74 Å². The zero-order chi connectivity index (χ0) is 19.3. The number of benzene rings is 1. The summed E-state index contributed by atoms with van der Waals surface area (Å²) in [5.74, 6) is 1.92. The summed E-state index contributed by atoms with van der Waals surface area (Å²) in [6.45, 7) is 7.03. The fourth-order valence-electron chi connectivity index (χ4n) is 2.48. The summed E-state index contributed by atoms with van der Waals surface area (Å²) in [5.41, 5.74) is -0.381. The Labute approximate surface area is 171 Å². The molecule has 0 atom stereocenters. The van der Waals surface area contributed by atoms with Crippen LogP contribution in [-0.2, 0) is 9.53 Å². The van der Waals surface area contributed by atoms with E-state index in [1.165, 1.54) is 17.7 Å². The van der Waals surface area contributed by atoms with E-state index in [0.717, 1.165) is 49.1 Å². The Hall–Kier alpha value is -0.680. The maximum Gasteiger partial charge on any atom is 0.311 e. The quantitative estimate of drug-likeness (QED) is 0.142. The molecule has 0 fully saturated rings. The van der Waals surface area contributed by atoms with E-state index in [1.54, 1.807) is 0 Å². The third-order valence-electron chi connectivity index (χ3n) is 4.16. The van der Waals surface area contributed by atoms with Crippen LogP contribution in [-0.4, -0.2) is 30.3 Å². The molecule has 0 aliphatic carbocycles. The lowest BCUT2D eigenvalue weighted by Gasteiger charge is -2.21. The van der Waals surface area contributed by atoms with Crippen molar-refractivity contribution in [3.05, 3.63) is 24.3 Å². The zero-order valence-corrected chi connectivity index (χ0v) is 18.8. The predicted octanol–water partition coefficient (Wildman–Crippen LogP) is 6.48. The van der Waals surface area contributed by atoms with Crippen LogP contribution in [0.5, 0.6) is 5.75 Å². The molecule has 0 saturated heterocycles. The third-order valence-corrected chi connectivity index (χ3v) is 5.82. The monoisotopic (exact) mass is 444 g/mol. The van der Waals surface area contributed by atoms with Gasteiger partial charge >= 0.3 is 5.97 Å². The summed E-state index contributed by atoms with van der Waals surface area (Å²) >= 11 is 5.30. The Kier molecular flexibility index (Phi) is 12.1. The second-order valence-electron chi connectivity index (χ2n) is 6.98. The Morgan fingerprint density at radius 3 is 2.46 bits per heavy atom. The van der Waals surface area contributed by atoms with Crippen molar-refractivity contribution in [3.63, 3.8) is 0 Å². The van der Waals surface area contributed by atoms with Crippen LogP contribution in [0.2, 0.25) is 0 Å². The lowest BCUT2D eigenvalue weighted by atomic mass is 9.87. The molecule has 0 bridgehead atoms. The molecule has 0 heterocycles.